The maximum Gasteiger partial charge on any atom is 0.278 e. The van der Waals surface area contributed by atoms with Crippen LogP contribution in [0, 0.1) is 11.6 Å². The highest BCUT2D eigenvalue weighted by Gasteiger charge is 2.26. The van der Waals surface area contributed by atoms with Crippen LogP contribution in [0.5, 0.6) is 0 Å². The molecular weight excluding hydrogens is 456 g/mol. The van der Waals surface area contributed by atoms with Gasteiger partial charge in [0.1, 0.15) is 11.4 Å². The second-order valence-electron chi connectivity index (χ2n) is 7.55. The highest BCUT2D eigenvalue weighted by Crippen LogP contribution is 2.27. The molecule has 1 aliphatic rings. The van der Waals surface area contributed by atoms with Gasteiger partial charge >= 0.3 is 0 Å². The van der Waals surface area contributed by atoms with Crippen molar-refractivity contribution in [3.8, 4) is 5.69 Å². The van der Waals surface area contributed by atoms with E-state index in [9.17, 15) is 13.6 Å². The van der Waals surface area contributed by atoms with Crippen LogP contribution in [0.2, 0.25) is 0 Å². The zero-order valence-electron chi connectivity index (χ0n) is 18.1. The number of carbonyl (C=O) groups excluding carboxylic acids is 1. The number of nitrogens with two attached hydrogens (primary N) is 2. The highest BCUT2D eigenvalue weighted by atomic mass is 32.1. The summed E-state index contributed by atoms with van der Waals surface area (Å²) in [7, 11) is 0. The number of hydrogen-bond acceptors (Lipinski definition) is 9. The van der Waals surface area contributed by atoms with E-state index in [0.29, 0.717) is 45.0 Å². The summed E-state index contributed by atoms with van der Waals surface area (Å²) in [5.41, 5.74) is 5.96. The van der Waals surface area contributed by atoms with Gasteiger partial charge in [0.2, 0.25) is 5.91 Å². The van der Waals surface area contributed by atoms with Crippen LogP contribution in [0.3, 0.4) is 0 Å². The lowest BCUT2D eigenvalue weighted by atomic mass is 10.1. The maximum absolute atomic E-state index is 14.9. The number of amides is 1. The normalized spacial score (nSPS) is 14.8. The Morgan fingerprint density at radius 1 is 1.27 bits per heavy atom. The summed E-state index contributed by atoms with van der Waals surface area (Å²) < 4.78 is 31.0. The van der Waals surface area contributed by atoms with Crippen molar-refractivity contribution >= 4 is 29.0 Å². The zero-order chi connectivity index (χ0) is 24.0. The molecule has 2 aromatic rings. The van der Waals surface area contributed by atoms with Crippen molar-refractivity contribution in [3.05, 3.63) is 35.7 Å². The first kappa shape index (κ1) is 24.7. The van der Waals surface area contributed by atoms with Crippen LogP contribution in [0.15, 0.2) is 18.3 Å². The Labute approximate surface area is 195 Å². The first-order valence-electron chi connectivity index (χ1n) is 10.3. The fourth-order valence-corrected chi connectivity index (χ4v) is 3.61. The third-order valence-corrected chi connectivity index (χ3v) is 5.46. The summed E-state index contributed by atoms with van der Waals surface area (Å²) in [5, 5.41) is 13.5. The summed E-state index contributed by atoms with van der Waals surface area (Å²) in [6.45, 7) is 3.75. The van der Waals surface area contributed by atoms with Gasteiger partial charge in [-0.2, -0.15) is 5.90 Å². The zero-order valence-corrected chi connectivity index (χ0v) is 18.9. The molecule has 11 nitrogen and oxygen atoms in total. The average Bonchev–Trinajstić information content (AvgIpc) is 3.26. The predicted octanol–water partition coefficient (Wildman–Crippen LogP) is -0.257. The Hall–Kier alpha value is -2.94. The number of nitrogens with one attached hydrogen (secondary N) is 2. The number of rotatable bonds is 8. The average molecular weight is 484 g/mol. The highest BCUT2D eigenvalue weighted by molar-refractivity contribution is 7.80. The van der Waals surface area contributed by atoms with Gasteiger partial charge in [-0.05, 0) is 19.1 Å². The van der Waals surface area contributed by atoms with Crippen molar-refractivity contribution in [2.45, 2.75) is 25.9 Å². The molecule has 1 amide bonds. The fraction of sp³-hybridized carbons (Fsp3) is 0.474. The van der Waals surface area contributed by atoms with Gasteiger partial charge in [-0.3, -0.25) is 4.79 Å². The number of piperazine rings is 1. The molecule has 14 heteroatoms. The standard InChI is InChI=1S/C19H27F2N9O2S/c1-12(25-11-22)6-17(31)28-2-4-29(5-3-28)18-15(20)7-14(8-16(18)21)30-10-13(26-27-30)9-24-19(33)32-23/h7-8,10,12,25H,2-6,9,11,22-23H2,1H3,(H,24,33). The molecule has 1 fully saturated rings. The summed E-state index contributed by atoms with van der Waals surface area (Å²) in [4.78, 5) is 20.0. The van der Waals surface area contributed by atoms with E-state index in [-0.39, 0.29) is 35.0 Å². The molecule has 33 heavy (non-hydrogen) atoms. The molecular formula is C19H27F2N9O2S. The molecule has 0 aliphatic carbocycles. The molecule has 0 saturated carbocycles. The molecule has 1 atom stereocenters. The van der Waals surface area contributed by atoms with E-state index >= 15 is 0 Å². The van der Waals surface area contributed by atoms with Gasteiger partial charge in [0.25, 0.3) is 5.17 Å². The summed E-state index contributed by atoms with van der Waals surface area (Å²) in [6, 6.07) is 2.34. The van der Waals surface area contributed by atoms with Crippen molar-refractivity contribution in [1.82, 2.24) is 30.5 Å². The molecule has 1 aromatic heterocycles. The predicted molar refractivity (Wildman–Crippen MR) is 121 cm³/mol. The lowest BCUT2D eigenvalue weighted by molar-refractivity contribution is -0.131. The van der Waals surface area contributed by atoms with Crippen LogP contribution in [-0.4, -0.2) is 69.9 Å². The van der Waals surface area contributed by atoms with Gasteiger partial charge in [-0.25, -0.2) is 13.5 Å². The lowest BCUT2D eigenvalue weighted by Crippen LogP contribution is -2.50. The fourth-order valence-electron chi connectivity index (χ4n) is 3.54. The van der Waals surface area contributed by atoms with E-state index in [1.807, 2.05) is 6.92 Å². The van der Waals surface area contributed by atoms with E-state index in [2.05, 4.69) is 25.8 Å². The molecule has 1 aliphatic heterocycles. The van der Waals surface area contributed by atoms with Gasteiger partial charge in [-0.15, -0.1) is 5.10 Å². The van der Waals surface area contributed by atoms with Crippen molar-refractivity contribution in [3.63, 3.8) is 0 Å². The second kappa shape index (κ2) is 11.3. The molecule has 0 bridgehead atoms. The van der Waals surface area contributed by atoms with E-state index in [1.54, 1.807) is 9.80 Å². The first-order chi connectivity index (χ1) is 15.8. The largest absolute Gasteiger partial charge is 0.381 e. The Bertz CT molecular complexity index is 959. The Morgan fingerprint density at radius 2 is 1.94 bits per heavy atom. The van der Waals surface area contributed by atoms with E-state index in [0.717, 1.165) is 0 Å². The SMILES string of the molecule is CC(CC(=O)N1CCN(c2c(F)cc(-n3cc(CNC(=S)ON)nn3)cc2F)CC1)NCN. The van der Waals surface area contributed by atoms with Crippen molar-refractivity contribution in [1.29, 1.82) is 0 Å². The van der Waals surface area contributed by atoms with Gasteiger partial charge in [0.05, 0.1) is 18.4 Å². The van der Waals surface area contributed by atoms with E-state index in [4.69, 9.17) is 23.8 Å². The van der Waals surface area contributed by atoms with Gasteiger partial charge < -0.3 is 31.0 Å². The van der Waals surface area contributed by atoms with Crippen LogP contribution < -0.4 is 27.2 Å². The van der Waals surface area contributed by atoms with Gasteiger partial charge in [-0.1, -0.05) is 5.21 Å². The molecule has 3 rings (SSSR count). The van der Waals surface area contributed by atoms with Gasteiger partial charge in [0, 0.05) is 57.4 Å². The van der Waals surface area contributed by atoms with Crippen LogP contribution in [-0.2, 0) is 16.2 Å². The summed E-state index contributed by atoms with van der Waals surface area (Å²) in [5.74, 6) is 3.47. The molecule has 180 valence electrons. The molecule has 2 heterocycles. The number of carbonyl (C=O) groups is 1. The number of hydrogen-bond donors (Lipinski definition) is 4. The van der Waals surface area contributed by atoms with Crippen LogP contribution in [0.25, 0.3) is 5.69 Å². The summed E-state index contributed by atoms with van der Waals surface area (Å²) >= 11 is 4.77. The molecule has 6 N–H and O–H groups in total. The molecule has 1 saturated heterocycles. The second-order valence-corrected chi connectivity index (χ2v) is 7.92. The van der Waals surface area contributed by atoms with E-state index in [1.165, 1.54) is 23.0 Å². The van der Waals surface area contributed by atoms with E-state index < -0.39 is 11.6 Å². The summed E-state index contributed by atoms with van der Waals surface area (Å²) in [6.07, 6.45) is 1.82. The molecule has 1 unspecified atom stereocenters. The van der Waals surface area contributed by atoms with Crippen molar-refractivity contribution in [2.24, 2.45) is 11.6 Å². The number of nitrogens with zero attached hydrogens (tertiary/aromatic N) is 5. The minimum Gasteiger partial charge on any atom is -0.381 e. The Balaban J connectivity index is 1.64. The molecule has 1 aromatic carbocycles. The molecule has 0 radical (unpaired) electrons. The maximum atomic E-state index is 14.9. The van der Waals surface area contributed by atoms with Crippen molar-refractivity contribution < 1.29 is 18.4 Å². The first-order valence-corrected chi connectivity index (χ1v) is 10.7. The number of thiocarbonyl (C=S) groups is 1. The quantitative estimate of drug-likeness (QED) is 0.226. The van der Waals surface area contributed by atoms with Gasteiger partial charge in [0.15, 0.2) is 11.6 Å². The number of halogens is 2. The Morgan fingerprint density at radius 3 is 2.55 bits per heavy atom. The topological polar surface area (TPSA) is 140 Å². The van der Waals surface area contributed by atoms with Crippen LogP contribution in [0.4, 0.5) is 14.5 Å². The Kier molecular flexibility index (Phi) is 8.43. The van der Waals surface area contributed by atoms with Crippen LogP contribution in [0.1, 0.15) is 19.0 Å². The van der Waals surface area contributed by atoms with Crippen molar-refractivity contribution in [2.75, 3.05) is 37.7 Å². The smallest absolute Gasteiger partial charge is 0.278 e. The molecule has 0 spiro atoms. The minimum absolute atomic E-state index is 0.0188. The number of anilines is 1. The number of aromatic nitrogens is 3. The lowest BCUT2D eigenvalue weighted by Gasteiger charge is -2.36. The number of benzene rings is 1. The third-order valence-electron chi connectivity index (χ3n) is 5.22. The monoisotopic (exact) mass is 483 g/mol. The minimum atomic E-state index is -0.724. The van der Waals surface area contributed by atoms with Crippen LogP contribution >= 0.6 is 12.2 Å². The third kappa shape index (κ3) is 6.31.